The highest BCUT2D eigenvalue weighted by Crippen LogP contribution is 2.28. The van der Waals surface area contributed by atoms with Gasteiger partial charge in [-0.15, -0.1) is 0 Å². The highest BCUT2D eigenvalue weighted by atomic mass is 32.2. The predicted molar refractivity (Wildman–Crippen MR) is 82.8 cm³/mol. The van der Waals surface area contributed by atoms with Crippen LogP contribution in [0.25, 0.3) is 0 Å². The number of anilines is 1. The van der Waals surface area contributed by atoms with Crippen molar-refractivity contribution in [1.29, 1.82) is 0 Å². The van der Waals surface area contributed by atoms with Gasteiger partial charge < -0.3 is 10.2 Å². The third-order valence-corrected chi connectivity index (χ3v) is 5.46. The molecule has 0 radical (unpaired) electrons. The molecule has 0 aromatic carbocycles. The molecule has 0 bridgehead atoms. The van der Waals surface area contributed by atoms with Crippen molar-refractivity contribution in [1.82, 2.24) is 10.3 Å². The predicted octanol–water partition coefficient (Wildman–Crippen LogP) is 2.66. The van der Waals surface area contributed by atoms with E-state index in [9.17, 15) is 0 Å². The van der Waals surface area contributed by atoms with E-state index in [0.717, 1.165) is 24.9 Å². The van der Waals surface area contributed by atoms with Crippen molar-refractivity contribution in [2.75, 3.05) is 17.2 Å². The summed E-state index contributed by atoms with van der Waals surface area (Å²) in [6, 6.07) is 7.74. The molecule has 1 aromatic rings. The van der Waals surface area contributed by atoms with Gasteiger partial charge in [-0.1, -0.05) is 13.0 Å². The Hall–Kier alpha value is -0.740. The Bertz CT molecular complexity index is 433. The highest BCUT2D eigenvalue weighted by molar-refractivity contribution is 8.00. The Kier molecular flexibility index (Phi) is 3.99. The van der Waals surface area contributed by atoms with Crippen LogP contribution in [0, 0.1) is 0 Å². The van der Waals surface area contributed by atoms with Crippen molar-refractivity contribution >= 4 is 17.6 Å². The molecule has 2 atom stereocenters. The minimum Gasteiger partial charge on any atom is -0.352 e. The molecule has 1 saturated carbocycles. The lowest BCUT2D eigenvalue weighted by molar-refractivity contribution is 0.615. The molecule has 19 heavy (non-hydrogen) atoms. The van der Waals surface area contributed by atoms with E-state index in [1.165, 1.54) is 24.3 Å². The first kappa shape index (κ1) is 13.3. The zero-order valence-corrected chi connectivity index (χ0v) is 12.6. The third kappa shape index (κ3) is 3.23. The second-order valence-electron chi connectivity index (χ2n) is 5.65. The van der Waals surface area contributed by atoms with Gasteiger partial charge in [-0.25, -0.2) is 4.98 Å². The Morgan fingerprint density at radius 3 is 3.00 bits per heavy atom. The van der Waals surface area contributed by atoms with Crippen LogP contribution in [0.4, 0.5) is 5.82 Å². The first-order valence-electron chi connectivity index (χ1n) is 7.31. The average Bonchev–Trinajstić information content (AvgIpc) is 3.24. The minimum atomic E-state index is 0.567. The molecule has 3 rings (SSSR count). The molecular formula is C15H23N3S. The molecule has 1 N–H and O–H groups in total. The van der Waals surface area contributed by atoms with E-state index in [-0.39, 0.29) is 0 Å². The lowest BCUT2D eigenvalue weighted by Gasteiger charge is -2.38. The van der Waals surface area contributed by atoms with Crippen LogP contribution in [0.5, 0.6) is 0 Å². The summed E-state index contributed by atoms with van der Waals surface area (Å²) in [4.78, 5) is 7.30. The third-order valence-electron chi connectivity index (χ3n) is 4.12. The number of hydrogen-bond acceptors (Lipinski definition) is 4. The van der Waals surface area contributed by atoms with Crippen LogP contribution in [-0.2, 0) is 6.54 Å². The maximum Gasteiger partial charge on any atom is 0.129 e. The molecule has 1 saturated heterocycles. The summed E-state index contributed by atoms with van der Waals surface area (Å²) >= 11 is 2.07. The summed E-state index contributed by atoms with van der Waals surface area (Å²) < 4.78 is 0. The molecule has 0 spiro atoms. The van der Waals surface area contributed by atoms with E-state index < -0.39 is 0 Å². The van der Waals surface area contributed by atoms with Crippen molar-refractivity contribution in [2.45, 2.75) is 50.6 Å². The number of nitrogens with zero attached hydrogens (tertiary/aromatic N) is 2. The molecule has 3 nitrogen and oxygen atoms in total. The first-order valence-corrected chi connectivity index (χ1v) is 8.36. The fraction of sp³-hybridized carbons (Fsp3) is 0.667. The maximum absolute atomic E-state index is 4.84. The monoisotopic (exact) mass is 277 g/mol. The van der Waals surface area contributed by atoms with E-state index in [2.05, 4.69) is 54.0 Å². The molecule has 2 aliphatic rings. The zero-order chi connectivity index (χ0) is 13.2. The number of thioether (sulfide) groups is 1. The van der Waals surface area contributed by atoms with Crippen molar-refractivity contribution in [3.8, 4) is 0 Å². The molecule has 2 fully saturated rings. The van der Waals surface area contributed by atoms with Crippen molar-refractivity contribution in [3.05, 3.63) is 23.9 Å². The molecule has 1 aromatic heterocycles. The fourth-order valence-electron chi connectivity index (χ4n) is 2.52. The molecule has 1 aliphatic carbocycles. The van der Waals surface area contributed by atoms with Gasteiger partial charge in [0.15, 0.2) is 0 Å². The Balaban J connectivity index is 1.70. The zero-order valence-electron chi connectivity index (χ0n) is 11.8. The number of aromatic nitrogens is 1. The average molecular weight is 277 g/mol. The van der Waals surface area contributed by atoms with Crippen molar-refractivity contribution < 1.29 is 0 Å². The van der Waals surface area contributed by atoms with Crippen LogP contribution in [0.1, 0.15) is 32.4 Å². The molecule has 4 heteroatoms. The Morgan fingerprint density at radius 2 is 2.21 bits per heavy atom. The topological polar surface area (TPSA) is 28.2 Å². The second-order valence-corrected chi connectivity index (χ2v) is 7.14. The van der Waals surface area contributed by atoms with Crippen LogP contribution in [0.3, 0.4) is 0 Å². The molecule has 104 valence electrons. The van der Waals surface area contributed by atoms with Crippen LogP contribution in [0.15, 0.2) is 18.2 Å². The standard InChI is InChI=1S/C15H23N3S/c1-11-12(2)19-9-8-18(11)15-5-3-4-14(17-15)10-16-13-6-7-13/h3-5,11-13,16H,6-10H2,1-2H3. The van der Waals surface area contributed by atoms with Crippen LogP contribution >= 0.6 is 11.8 Å². The van der Waals surface area contributed by atoms with Gasteiger partial charge in [0.2, 0.25) is 0 Å². The second kappa shape index (κ2) is 5.71. The van der Waals surface area contributed by atoms with Gasteiger partial charge in [-0.3, -0.25) is 0 Å². The largest absolute Gasteiger partial charge is 0.352 e. The van der Waals surface area contributed by atoms with E-state index >= 15 is 0 Å². The van der Waals surface area contributed by atoms with Crippen molar-refractivity contribution in [3.63, 3.8) is 0 Å². The van der Waals surface area contributed by atoms with Crippen molar-refractivity contribution in [2.24, 2.45) is 0 Å². The van der Waals surface area contributed by atoms with Crippen LogP contribution < -0.4 is 10.2 Å². The van der Waals surface area contributed by atoms with Crippen LogP contribution in [0.2, 0.25) is 0 Å². The first-order chi connectivity index (χ1) is 9.24. The summed E-state index contributed by atoms with van der Waals surface area (Å²) in [5.74, 6) is 2.35. The summed E-state index contributed by atoms with van der Waals surface area (Å²) in [6.07, 6.45) is 2.66. The number of nitrogens with one attached hydrogen (secondary N) is 1. The maximum atomic E-state index is 4.84. The van der Waals surface area contributed by atoms with Gasteiger partial charge >= 0.3 is 0 Å². The summed E-state index contributed by atoms with van der Waals surface area (Å²) in [5, 5.41) is 4.22. The fourth-order valence-corrected chi connectivity index (χ4v) is 3.62. The lowest BCUT2D eigenvalue weighted by Crippen LogP contribution is -2.45. The van der Waals surface area contributed by atoms with Gasteiger partial charge in [0.05, 0.1) is 5.69 Å². The van der Waals surface area contributed by atoms with Gasteiger partial charge in [-0.2, -0.15) is 11.8 Å². The summed E-state index contributed by atoms with van der Waals surface area (Å²) in [7, 11) is 0. The van der Waals surface area contributed by atoms with Gasteiger partial charge in [-0.05, 0) is 31.9 Å². The van der Waals surface area contributed by atoms with E-state index in [1.807, 2.05) is 0 Å². The molecular weight excluding hydrogens is 254 g/mol. The Morgan fingerprint density at radius 1 is 1.37 bits per heavy atom. The van der Waals surface area contributed by atoms with Gasteiger partial charge in [0.1, 0.15) is 5.82 Å². The number of pyridine rings is 1. The number of hydrogen-bond donors (Lipinski definition) is 1. The molecule has 0 amide bonds. The molecule has 2 unspecified atom stereocenters. The van der Waals surface area contributed by atoms with E-state index in [1.54, 1.807) is 0 Å². The SMILES string of the molecule is CC1SCCN(c2cccc(CNC3CC3)n2)C1C. The summed E-state index contributed by atoms with van der Waals surface area (Å²) in [6.45, 7) is 6.65. The van der Waals surface area contributed by atoms with Gasteiger partial charge in [0.25, 0.3) is 0 Å². The quantitative estimate of drug-likeness (QED) is 0.916. The lowest BCUT2D eigenvalue weighted by atomic mass is 10.2. The highest BCUT2D eigenvalue weighted by Gasteiger charge is 2.26. The molecule has 2 heterocycles. The minimum absolute atomic E-state index is 0.567. The Labute approximate surface area is 120 Å². The van der Waals surface area contributed by atoms with Crippen LogP contribution in [-0.4, -0.2) is 34.6 Å². The van der Waals surface area contributed by atoms with Gasteiger partial charge in [0, 0.05) is 36.2 Å². The smallest absolute Gasteiger partial charge is 0.129 e. The molecule has 1 aliphatic heterocycles. The summed E-state index contributed by atoms with van der Waals surface area (Å²) in [5.41, 5.74) is 1.17. The van der Waals surface area contributed by atoms with E-state index in [0.29, 0.717) is 11.3 Å². The normalized spacial score (nSPS) is 27.6. The number of rotatable bonds is 4. The van der Waals surface area contributed by atoms with E-state index in [4.69, 9.17) is 4.98 Å².